The van der Waals surface area contributed by atoms with E-state index in [9.17, 15) is 4.79 Å². The summed E-state index contributed by atoms with van der Waals surface area (Å²) in [5, 5.41) is 3.70. The van der Waals surface area contributed by atoms with Crippen LogP contribution in [0.1, 0.15) is 0 Å². The first kappa shape index (κ1) is 15.9. The number of rotatable bonds is 4. The molecule has 0 radical (unpaired) electrons. The van der Waals surface area contributed by atoms with Gasteiger partial charge in [0.1, 0.15) is 5.01 Å². The van der Waals surface area contributed by atoms with Gasteiger partial charge in [0.15, 0.2) is 0 Å². The van der Waals surface area contributed by atoms with E-state index in [1.807, 2.05) is 32.3 Å². The van der Waals surface area contributed by atoms with Crippen LogP contribution in [0.5, 0.6) is 0 Å². The van der Waals surface area contributed by atoms with Gasteiger partial charge in [-0.25, -0.2) is 15.2 Å². The molecule has 0 spiro atoms. The van der Waals surface area contributed by atoms with Gasteiger partial charge in [-0.05, 0) is 42.5 Å². The fourth-order valence-corrected chi connectivity index (χ4v) is 3.19. The zero-order valence-corrected chi connectivity index (χ0v) is 14.0. The van der Waals surface area contributed by atoms with E-state index < -0.39 is 6.03 Å². The molecular weight excluding hydrogens is 324 g/mol. The third-order valence-corrected chi connectivity index (χ3v) is 4.50. The van der Waals surface area contributed by atoms with Gasteiger partial charge in [0.25, 0.3) is 0 Å². The Labute approximate surface area is 142 Å². The second-order valence-corrected chi connectivity index (χ2v) is 6.34. The lowest BCUT2D eigenvalue weighted by molar-refractivity contribution is 0.249. The average Bonchev–Trinajstić information content (AvgIpc) is 3.03. The van der Waals surface area contributed by atoms with Gasteiger partial charge in [-0.2, -0.15) is 5.53 Å². The van der Waals surface area contributed by atoms with E-state index in [-0.39, 0.29) is 0 Å². The molecule has 24 heavy (non-hydrogen) atoms. The summed E-state index contributed by atoms with van der Waals surface area (Å²) >= 11 is 1.58. The maximum atomic E-state index is 11.0. The normalized spacial score (nSPS) is 10.4. The van der Waals surface area contributed by atoms with Crippen molar-refractivity contribution in [1.82, 2.24) is 10.4 Å². The SMILES string of the molecule is CN(C)c1ccc(-c2nc3ccc(NNC(=O)N=N)cc3s2)cc1. The van der Waals surface area contributed by atoms with Crippen molar-refractivity contribution in [3.05, 3.63) is 42.5 Å². The van der Waals surface area contributed by atoms with Gasteiger partial charge in [0.05, 0.1) is 15.9 Å². The molecule has 7 nitrogen and oxygen atoms in total. The van der Waals surface area contributed by atoms with Gasteiger partial charge in [-0.3, -0.25) is 5.43 Å². The highest BCUT2D eigenvalue weighted by Crippen LogP contribution is 2.32. The summed E-state index contributed by atoms with van der Waals surface area (Å²) in [5.74, 6) is 0. The number of carbonyl (C=O) groups excluding carboxylic acids is 1. The molecule has 0 fully saturated rings. The Morgan fingerprint density at radius 3 is 2.62 bits per heavy atom. The first-order chi connectivity index (χ1) is 11.6. The summed E-state index contributed by atoms with van der Waals surface area (Å²) in [5.41, 5.74) is 15.4. The smallest absolute Gasteiger partial charge is 0.377 e. The molecule has 0 aliphatic heterocycles. The number of thiazole rings is 1. The van der Waals surface area contributed by atoms with E-state index in [0.29, 0.717) is 5.69 Å². The minimum Gasteiger partial charge on any atom is -0.378 e. The summed E-state index contributed by atoms with van der Waals surface area (Å²) in [6, 6.07) is 13.1. The van der Waals surface area contributed by atoms with Gasteiger partial charge in [-0.15, -0.1) is 11.3 Å². The average molecular weight is 340 g/mol. The summed E-state index contributed by atoms with van der Waals surface area (Å²) < 4.78 is 1.00. The van der Waals surface area contributed by atoms with Crippen LogP contribution in [-0.4, -0.2) is 25.1 Å². The number of nitrogens with zero attached hydrogens (tertiary/aromatic N) is 3. The van der Waals surface area contributed by atoms with E-state index in [0.717, 1.165) is 26.5 Å². The van der Waals surface area contributed by atoms with Crippen LogP contribution >= 0.6 is 11.3 Å². The lowest BCUT2D eigenvalue weighted by Crippen LogP contribution is -2.25. The molecule has 3 N–H and O–H groups in total. The molecule has 1 heterocycles. The van der Waals surface area contributed by atoms with E-state index in [1.54, 1.807) is 11.3 Å². The fourth-order valence-electron chi connectivity index (χ4n) is 2.18. The first-order valence-corrected chi connectivity index (χ1v) is 8.00. The van der Waals surface area contributed by atoms with Crippen LogP contribution in [0.25, 0.3) is 20.8 Å². The minimum absolute atomic E-state index is 0.706. The number of carbonyl (C=O) groups is 1. The molecule has 3 aromatic rings. The predicted octanol–water partition coefficient (Wildman–Crippen LogP) is 4.10. The number of amides is 2. The Bertz CT molecular complexity index is 887. The van der Waals surface area contributed by atoms with Gasteiger partial charge in [-0.1, -0.05) is 5.11 Å². The number of urea groups is 1. The molecule has 8 heteroatoms. The third-order valence-electron chi connectivity index (χ3n) is 3.43. The van der Waals surface area contributed by atoms with Gasteiger partial charge in [0.2, 0.25) is 0 Å². The number of hydrazine groups is 1. The molecule has 0 unspecified atom stereocenters. The number of fused-ring (bicyclic) bond motifs is 1. The van der Waals surface area contributed by atoms with Gasteiger partial charge >= 0.3 is 6.03 Å². The number of hydrogen-bond acceptors (Lipinski definition) is 6. The largest absolute Gasteiger partial charge is 0.378 e. The van der Waals surface area contributed by atoms with Crippen LogP contribution in [0.3, 0.4) is 0 Å². The molecule has 0 saturated carbocycles. The molecule has 0 saturated heterocycles. The molecule has 1 aromatic heterocycles. The van der Waals surface area contributed by atoms with Crippen LogP contribution in [0.2, 0.25) is 0 Å². The van der Waals surface area contributed by atoms with Crippen LogP contribution in [0.4, 0.5) is 16.2 Å². The fraction of sp³-hybridized carbons (Fsp3) is 0.125. The first-order valence-electron chi connectivity index (χ1n) is 7.18. The second kappa shape index (κ2) is 6.63. The molecule has 3 rings (SSSR count). The number of anilines is 2. The van der Waals surface area contributed by atoms with Gasteiger partial charge in [0, 0.05) is 25.3 Å². The molecule has 0 aliphatic carbocycles. The predicted molar refractivity (Wildman–Crippen MR) is 96.7 cm³/mol. The summed E-state index contributed by atoms with van der Waals surface area (Å²) in [7, 11) is 4.02. The highest BCUT2D eigenvalue weighted by molar-refractivity contribution is 7.21. The summed E-state index contributed by atoms with van der Waals surface area (Å²) in [6.07, 6.45) is 0. The summed E-state index contributed by atoms with van der Waals surface area (Å²) in [6.45, 7) is 0. The monoisotopic (exact) mass is 340 g/mol. The second-order valence-electron chi connectivity index (χ2n) is 5.31. The maximum absolute atomic E-state index is 11.0. The summed E-state index contributed by atoms with van der Waals surface area (Å²) in [4.78, 5) is 17.7. The van der Waals surface area contributed by atoms with E-state index in [2.05, 4.69) is 50.1 Å². The Hall–Kier alpha value is -3.00. The standard InChI is InChI=1S/C16H16N6OS/c1-22(2)12-6-3-10(4-7-12)15-18-13-8-5-11(9-14(13)24-15)20-21-16(23)19-17/h3-9,17,20H,1-2H3,(H,21,23). The van der Waals surface area contributed by atoms with Crippen LogP contribution in [0.15, 0.2) is 47.6 Å². The van der Waals surface area contributed by atoms with Crippen LogP contribution < -0.4 is 15.8 Å². The van der Waals surface area contributed by atoms with Crippen molar-refractivity contribution in [3.63, 3.8) is 0 Å². The van der Waals surface area contributed by atoms with Crippen LogP contribution in [-0.2, 0) is 0 Å². The van der Waals surface area contributed by atoms with Crippen molar-refractivity contribution in [2.45, 2.75) is 0 Å². The van der Waals surface area contributed by atoms with Crippen molar-refractivity contribution in [1.29, 1.82) is 5.53 Å². The molecule has 0 bridgehead atoms. The van der Waals surface area contributed by atoms with Crippen molar-refractivity contribution >= 4 is 39.0 Å². The van der Waals surface area contributed by atoms with Crippen molar-refractivity contribution in [2.75, 3.05) is 24.4 Å². The topological polar surface area (TPSA) is 93.5 Å². The lowest BCUT2D eigenvalue weighted by atomic mass is 10.2. The molecule has 2 amide bonds. The van der Waals surface area contributed by atoms with E-state index in [4.69, 9.17) is 5.53 Å². The quantitative estimate of drug-likeness (QED) is 0.492. The molecule has 0 atom stereocenters. The maximum Gasteiger partial charge on any atom is 0.377 e. The number of aromatic nitrogens is 1. The third kappa shape index (κ3) is 3.33. The van der Waals surface area contributed by atoms with Crippen LogP contribution in [0, 0.1) is 5.53 Å². The van der Waals surface area contributed by atoms with E-state index >= 15 is 0 Å². The highest BCUT2D eigenvalue weighted by atomic mass is 32.1. The lowest BCUT2D eigenvalue weighted by Gasteiger charge is -2.11. The molecule has 0 aliphatic rings. The van der Waals surface area contributed by atoms with Gasteiger partial charge < -0.3 is 4.90 Å². The molecule has 122 valence electrons. The Kier molecular flexibility index (Phi) is 4.39. The van der Waals surface area contributed by atoms with E-state index in [1.165, 1.54) is 0 Å². The molecule has 2 aromatic carbocycles. The Morgan fingerprint density at radius 2 is 1.96 bits per heavy atom. The number of nitrogens with one attached hydrogen (secondary N) is 3. The van der Waals surface area contributed by atoms with Crippen molar-refractivity contribution < 1.29 is 4.79 Å². The van der Waals surface area contributed by atoms with Crippen molar-refractivity contribution in [2.24, 2.45) is 5.11 Å². The Balaban J connectivity index is 1.85. The Morgan fingerprint density at radius 1 is 1.21 bits per heavy atom. The zero-order chi connectivity index (χ0) is 17.1. The zero-order valence-electron chi connectivity index (χ0n) is 13.2. The number of hydrogen-bond donors (Lipinski definition) is 3. The van der Waals surface area contributed by atoms with Crippen molar-refractivity contribution in [3.8, 4) is 10.6 Å². The molecular formula is C16H16N6OS. The number of benzene rings is 2. The minimum atomic E-state index is -0.749. The highest BCUT2D eigenvalue weighted by Gasteiger charge is 2.08.